The molecule has 7 heteroatoms. The topological polar surface area (TPSA) is 53.0 Å². The van der Waals surface area contributed by atoms with E-state index < -0.39 is 23.1 Å². The Morgan fingerprint density at radius 2 is 2.00 bits per heavy atom. The second kappa shape index (κ2) is 8.63. The average molecular weight is 382 g/mol. The van der Waals surface area contributed by atoms with Crippen LogP contribution < -0.4 is 0 Å². The molecule has 2 fully saturated rings. The highest BCUT2D eigenvalue weighted by Gasteiger charge is 2.43. The maximum absolute atomic E-state index is 14.0. The van der Waals surface area contributed by atoms with E-state index in [1.165, 1.54) is 17.0 Å². The summed E-state index contributed by atoms with van der Waals surface area (Å²) in [4.78, 5) is 16.5. The molecule has 0 saturated carbocycles. The van der Waals surface area contributed by atoms with Gasteiger partial charge in [-0.3, -0.25) is 9.69 Å². The lowest BCUT2D eigenvalue weighted by molar-refractivity contribution is -0.160. The summed E-state index contributed by atoms with van der Waals surface area (Å²) in [5.41, 5.74) is -1.33. The molecular weight excluding hydrogens is 354 g/mol. The molecule has 2 heterocycles. The molecule has 0 radical (unpaired) electrons. The van der Waals surface area contributed by atoms with Crippen molar-refractivity contribution in [2.24, 2.45) is 5.92 Å². The normalized spacial score (nSPS) is 25.2. The fourth-order valence-corrected chi connectivity index (χ4v) is 4.16. The van der Waals surface area contributed by atoms with Crippen molar-refractivity contribution in [3.63, 3.8) is 0 Å². The van der Waals surface area contributed by atoms with E-state index in [0.717, 1.165) is 38.6 Å². The molecule has 3 rings (SSSR count). The number of methoxy groups -OCH3 is 1. The second-order valence-corrected chi connectivity index (χ2v) is 7.75. The summed E-state index contributed by atoms with van der Waals surface area (Å²) in [5.74, 6) is -1.72. The summed E-state index contributed by atoms with van der Waals surface area (Å²) in [6.07, 6.45) is 3.00. The molecule has 0 aromatic heterocycles. The Labute approximate surface area is 158 Å². The summed E-state index contributed by atoms with van der Waals surface area (Å²) < 4.78 is 32.6. The first-order valence-corrected chi connectivity index (χ1v) is 9.59. The molecule has 2 saturated heterocycles. The van der Waals surface area contributed by atoms with E-state index in [9.17, 15) is 18.7 Å². The minimum Gasteiger partial charge on any atom is -0.384 e. The standard InChI is InChI=1S/C20H28F2N2O3/c1-27-13-15-6-10-23(11-7-15)14-20(26)8-3-9-24(19(20)25)12-16-4-2-5-17(21)18(16)22/h2,4-5,15,26H,3,6-14H2,1H3/t20-/m1/s1. The predicted octanol–water partition coefficient (Wildman–Crippen LogP) is 2.18. The molecule has 5 nitrogen and oxygen atoms in total. The molecule has 2 aliphatic heterocycles. The molecule has 2 aliphatic rings. The number of benzene rings is 1. The van der Waals surface area contributed by atoms with Crippen LogP contribution in [0.2, 0.25) is 0 Å². The van der Waals surface area contributed by atoms with Crippen LogP contribution in [0.4, 0.5) is 8.78 Å². The molecule has 1 amide bonds. The van der Waals surface area contributed by atoms with E-state index in [1.54, 1.807) is 7.11 Å². The van der Waals surface area contributed by atoms with Gasteiger partial charge in [-0.2, -0.15) is 0 Å². The molecule has 27 heavy (non-hydrogen) atoms. The second-order valence-electron chi connectivity index (χ2n) is 7.75. The maximum Gasteiger partial charge on any atom is 0.256 e. The van der Waals surface area contributed by atoms with Crippen LogP contribution in [0.15, 0.2) is 18.2 Å². The number of piperidine rings is 2. The Morgan fingerprint density at radius 1 is 1.26 bits per heavy atom. The van der Waals surface area contributed by atoms with Crippen molar-refractivity contribution >= 4 is 5.91 Å². The van der Waals surface area contributed by atoms with Crippen molar-refractivity contribution in [1.29, 1.82) is 0 Å². The number of hydrogen-bond donors (Lipinski definition) is 1. The summed E-state index contributed by atoms with van der Waals surface area (Å²) in [5, 5.41) is 11.0. The van der Waals surface area contributed by atoms with Crippen LogP contribution in [-0.4, -0.2) is 66.3 Å². The smallest absolute Gasteiger partial charge is 0.256 e. The fourth-order valence-electron chi connectivity index (χ4n) is 4.16. The van der Waals surface area contributed by atoms with Gasteiger partial charge in [-0.25, -0.2) is 8.78 Å². The Morgan fingerprint density at radius 3 is 2.70 bits per heavy atom. The number of carbonyl (C=O) groups is 1. The van der Waals surface area contributed by atoms with Gasteiger partial charge in [-0.15, -0.1) is 0 Å². The largest absolute Gasteiger partial charge is 0.384 e. The third-order valence-corrected chi connectivity index (χ3v) is 5.69. The Bertz CT molecular complexity index is 665. The fraction of sp³-hybridized carbons (Fsp3) is 0.650. The number of nitrogens with zero attached hydrogens (tertiary/aromatic N) is 2. The van der Waals surface area contributed by atoms with E-state index in [1.807, 2.05) is 0 Å². The summed E-state index contributed by atoms with van der Waals surface area (Å²) >= 11 is 0. The van der Waals surface area contributed by atoms with Crippen LogP contribution >= 0.6 is 0 Å². The maximum atomic E-state index is 14.0. The molecular formula is C20H28F2N2O3. The number of ether oxygens (including phenoxy) is 1. The zero-order valence-corrected chi connectivity index (χ0v) is 15.8. The predicted molar refractivity (Wildman–Crippen MR) is 97.0 cm³/mol. The van der Waals surface area contributed by atoms with Gasteiger partial charge >= 0.3 is 0 Å². The van der Waals surface area contributed by atoms with Crippen LogP contribution in [0.25, 0.3) is 0 Å². The molecule has 0 bridgehead atoms. The van der Waals surface area contributed by atoms with Gasteiger partial charge in [-0.1, -0.05) is 12.1 Å². The van der Waals surface area contributed by atoms with Crippen molar-refractivity contribution in [2.45, 2.75) is 37.8 Å². The van der Waals surface area contributed by atoms with Crippen molar-refractivity contribution in [2.75, 3.05) is 39.9 Å². The first kappa shape index (κ1) is 20.2. The number of hydrogen-bond acceptors (Lipinski definition) is 4. The quantitative estimate of drug-likeness (QED) is 0.819. The molecule has 0 spiro atoms. The lowest BCUT2D eigenvalue weighted by atomic mass is 9.89. The minimum absolute atomic E-state index is 0.0271. The van der Waals surface area contributed by atoms with Gasteiger partial charge < -0.3 is 14.7 Å². The van der Waals surface area contributed by atoms with Gasteiger partial charge in [0, 0.05) is 38.9 Å². The summed E-state index contributed by atoms with van der Waals surface area (Å²) in [7, 11) is 1.70. The van der Waals surface area contributed by atoms with Crippen LogP contribution in [-0.2, 0) is 16.1 Å². The SMILES string of the molecule is COCC1CCN(C[C@]2(O)CCCN(Cc3cccc(F)c3F)C2=O)CC1. The first-order valence-electron chi connectivity index (χ1n) is 9.59. The van der Waals surface area contributed by atoms with Gasteiger partial charge in [0.15, 0.2) is 17.2 Å². The van der Waals surface area contributed by atoms with Crippen LogP contribution in [0.3, 0.4) is 0 Å². The van der Waals surface area contributed by atoms with E-state index in [-0.39, 0.29) is 18.7 Å². The van der Waals surface area contributed by atoms with Crippen molar-refractivity contribution in [1.82, 2.24) is 9.80 Å². The summed E-state index contributed by atoms with van der Waals surface area (Å²) in [6, 6.07) is 3.96. The molecule has 150 valence electrons. The van der Waals surface area contributed by atoms with Gasteiger partial charge in [-0.05, 0) is 50.8 Å². The number of likely N-dealkylation sites (tertiary alicyclic amines) is 2. The third kappa shape index (κ3) is 4.65. The first-order chi connectivity index (χ1) is 12.9. The zero-order valence-electron chi connectivity index (χ0n) is 15.8. The minimum atomic E-state index is -1.46. The molecule has 1 aromatic rings. The lowest BCUT2D eigenvalue weighted by Gasteiger charge is -2.42. The third-order valence-electron chi connectivity index (χ3n) is 5.69. The average Bonchev–Trinajstić information content (AvgIpc) is 2.65. The van der Waals surface area contributed by atoms with Gasteiger partial charge in [0.25, 0.3) is 5.91 Å². The molecule has 0 aliphatic carbocycles. The number of amides is 1. The Balaban J connectivity index is 1.62. The van der Waals surface area contributed by atoms with Crippen LogP contribution in [0.1, 0.15) is 31.2 Å². The van der Waals surface area contributed by atoms with Crippen molar-refractivity contribution in [3.8, 4) is 0 Å². The number of carbonyl (C=O) groups excluding carboxylic acids is 1. The zero-order chi connectivity index (χ0) is 19.4. The lowest BCUT2D eigenvalue weighted by Crippen LogP contribution is -2.59. The summed E-state index contributed by atoms with van der Waals surface area (Å²) in [6.45, 7) is 3.08. The highest BCUT2D eigenvalue weighted by atomic mass is 19.2. The monoisotopic (exact) mass is 382 g/mol. The van der Waals surface area contributed by atoms with Gasteiger partial charge in [0.05, 0.1) is 0 Å². The van der Waals surface area contributed by atoms with Crippen molar-refractivity contribution < 1.29 is 23.4 Å². The van der Waals surface area contributed by atoms with Gasteiger partial charge in [0.1, 0.15) is 0 Å². The molecule has 0 unspecified atom stereocenters. The highest BCUT2D eigenvalue weighted by Crippen LogP contribution is 2.28. The number of aliphatic hydroxyl groups is 1. The number of β-amino-alcohol motifs (C(OH)–C–C–N with tert-alkyl or cyclic N) is 1. The highest BCUT2D eigenvalue weighted by molar-refractivity contribution is 5.86. The van der Waals surface area contributed by atoms with E-state index in [4.69, 9.17) is 4.74 Å². The Kier molecular flexibility index (Phi) is 6.44. The van der Waals surface area contributed by atoms with E-state index in [2.05, 4.69) is 4.90 Å². The molecule has 1 N–H and O–H groups in total. The van der Waals surface area contributed by atoms with Crippen LogP contribution in [0, 0.1) is 17.6 Å². The number of halogens is 2. The number of rotatable bonds is 6. The molecule has 1 aromatic carbocycles. The Hall–Kier alpha value is -1.57. The molecule has 1 atom stereocenters. The van der Waals surface area contributed by atoms with Crippen molar-refractivity contribution in [3.05, 3.63) is 35.4 Å². The van der Waals surface area contributed by atoms with E-state index in [0.29, 0.717) is 25.3 Å². The van der Waals surface area contributed by atoms with Crippen LogP contribution in [0.5, 0.6) is 0 Å². The van der Waals surface area contributed by atoms with E-state index >= 15 is 0 Å². The van der Waals surface area contributed by atoms with Gasteiger partial charge in [0.2, 0.25) is 0 Å².